The van der Waals surface area contributed by atoms with Crippen molar-refractivity contribution in [1.29, 1.82) is 0 Å². The van der Waals surface area contributed by atoms with E-state index in [4.69, 9.17) is 9.47 Å². The topological polar surface area (TPSA) is 105 Å². The lowest BCUT2D eigenvalue weighted by Crippen LogP contribution is -2.53. The molecule has 0 unspecified atom stereocenters. The number of amides is 2. The molecule has 0 bridgehead atoms. The Hall–Kier alpha value is -4.83. The zero-order valence-corrected chi connectivity index (χ0v) is 29.3. The second-order valence-corrected chi connectivity index (χ2v) is 14.1. The van der Waals surface area contributed by atoms with Gasteiger partial charge in [0, 0.05) is 25.6 Å². The lowest BCUT2D eigenvalue weighted by molar-refractivity contribution is -0.140. The molecule has 10 heteroatoms. The van der Waals surface area contributed by atoms with Gasteiger partial charge in [-0.2, -0.15) is 0 Å². The van der Waals surface area contributed by atoms with Crippen LogP contribution < -0.4 is 19.1 Å². The van der Waals surface area contributed by atoms with Crippen LogP contribution in [-0.4, -0.2) is 58.5 Å². The molecule has 0 aliphatic carbocycles. The van der Waals surface area contributed by atoms with E-state index in [-0.39, 0.29) is 35.4 Å². The summed E-state index contributed by atoms with van der Waals surface area (Å²) in [6, 6.07) is 27.4. The van der Waals surface area contributed by atoms with Gasteiger partial charge in [0.15, 0.2) is 11.5 Å². The van der Waals surface area contributed by atoms with Crippen molar-refractivity contribution in [2.75, 3.05) is 31.6 Å². The molecule has 254 valence electrons. The molecule has 0 aliphatic heterocycles. The third-order valence-corrected chi connectivity index (χ3v) is 9.72. The quantitative estimate of drug-likeness (QED) is 0.168. The number of methoxy groups -OCH3 is 2. The van der Waals surface area contributed by atoms with Crippen molar-refractivity contribution in [3.05, 3.63) is 119 Å². The van der Waals surface area contributed by atoms with Crippen molar-refractivity contribution in [1.82, 2.24) is 10.2 Å². The average molecular weight is 672 g/mol. The maximum atomic E-state index is 14.7. The van der Waals surface area contributed by atoms with Gasteiger partial charge in [-0.1, -0.05) is 91.7 Å². The second-order valence-electron chi connectivity index (χ2n) is 12.2. The maximum absolute atomic E-state index is 14.7. The minimum atomic E-state index is -4.26. The van der Waals surface area contributed by atoms with E-state index in [0.29, 0.717) is 18.0 Å². The van der Waals surface area contributed by atoms with Crippen molar-refractivity contribution in [2.24, 2.45) is 5.92 Å². The van der Waals surface area contributed by atoms with Gasteiger partial charge in [0.05, 0.1) is 24.8 Å². The van der Waals surface area contributed by atoms with Crippen LogP contribution in [0.3, 0.4) is 0 Å². The third-order valence-electron chi connectivity index (χ3n) is 7.93. The third kappa shape index (κ3) is 9.16. The molecule has 1 N–H and O–H groups in total. The Kier molecular flexibility index (Phi) is 12.2. The number of nitrogens with one attached hydrogen (secondary N) is 1. The Balaban J connectivity index is 1.84. The largest absolute Gasteiger partial charge is 0.493 e. The number of nitrogens with zero attached hydrogens (tertiary/aromatic N) is 2. The Morgan fingerprint density at radius 3 is 2.06 bits per heavy atom. The number of benzene rings is 4. The molecular weight excluding hydrogens is 627 g/mol. The van der Waals surface area contributed by atoms with E-state index in [1.807, 2.05) is 82.3 Å². The Morgan fingerprint density at radius 1 is 0.771 bits per heavy atom. The zero-order valence-electron chi connectivity index (χ0n) is 28.5. The van der Waals surface area contributed by atoms with Crippen LogP contribution >= 0.6 is 0 Å². The van der Waals surface area contributed by atoms with Crippen LogP contribution in [0.2, 0.25) is 0 Å². The number of hydrogen-bond acceptors (Lipinski definition) is 6. The second kappa shape index (κ2) is 16.3. The summed E-state index contributed by atoms with van der Waals surface area (Å²) in [6.07, 6.45) is 0.239. The number of carbonyl (C=O) groups is 2. The van der Waals surface area contributed by atoms with E-state index in [9.17, 15) is 18.0 Å². The minimum absolute atomic E-state index is 0.0245. The first-order valence-corrected chi connectivity index (χ1v) is 17.3. The predicted octanol–water partition coefficient (Wildman–Crippen LogP) is 5.93. The number of carbonyl (C=O) groups excluding carboxylic acids is 2. The van der Waals surface area contributed by atoms with Crippen LogP contribution in [0, 0.1) is 19.8 Å². The summed E-state index contributed by atoms with van der Waals surface area (Å²) in [5.74, 6) is 0.0481. The number of rotatable bonds is 15. The van der Waals surface area contributed by atoms with Gasteiger partial charge < -0.3 is 19.7 Å². The maximum Gasteiger partial charge on any atom is 0.264 e. The smallest absolute Gasteiger partial charge is 0.264 e. The molecule has 4 rings (SSSR count). The molecule has 0 aliphatic rings. The van der Waals surface area contributed by atoms with E-state index < -0.39 is 28.5 Å². The Labute approximate surface area is 284 Å². The predicted molar refractivity (Wildman–Crippen MR) is 189 cm³/mol. The van der Waals surface area contributed by atoms with Crippen molar-refractivity contribution in [3.8, 4) is 11.5 Å². The zero-order chi connectivity index (χ0) is 34.8. The first-order valence-electron chi connectivity index (χ1n) is 15.9. The van der Waals surface area contributed by atoms with Crippen LogP contribution in [0.4, 0.5) is 5.69 Å². The van der Waals surface area contributed by atoms with Gasteiger partial charge in [0.25, 0.3) is 10.0 Å². The summed E-state index contributed by atoms with van der Waals surface area (Å²) in [7, 11) is -1.32. The summed E-state index contributed by atoms with van der Waals surface area (Å²) in [5, 5.41) is 3.01. The molecule has 4 aromatic carbocycles. The molecule has 0 radical (unpaired) electrons. The molecule has 4 aromatic rings. The van der Waals surface area contributed by atoms with Gasteiger partial charge in [-0.25, -0.2) is 8.42 Å². The Morgan fingerprint density at radius 2 is 1.44 bits per heavy atom. The van der Waals surface area contributed by atoms with Crippen molar-refractivity contribution < 1.29 is 27.5 Å². The monoisotopic (exact) mass is 671 g/mol. The minimum Gasteiger partial charge on any atom is -0.493 e. The van der Waals surface area contributed by atoms with Crippen molar-refractivity contribution in [2.45, 2.75) is 51.6 Å². The van der Waals surface area contributed by atoms with Gasteiger partial charge >= 0.3 is 0 Å². The number of ether oxygens (including phenoxy) is 2. The van der Waals surface area contributed by atoms with E-state index in [1.54, 1.807) is 24.3 Å². The van der Waals surface area contributed by atoms with Gasteiger partial charge in [0.2, 0.25) is 11.8 Å². The normalized spacial score (nSPS) is 11.9. The fraction of sp³-hybridized carbons (Fsp3) is 0.316. The van der Waals surface area contributed by atoms with Crippen LogP contribution in [0.5, 0.6) is 11.5 Å². The highest BCUT2D eigenvalue weighted by Crippen LogP contribution is 2.34. The fourth-order valence-corrected chi connectivity index (χ4v) is 6.74. The first kappa shape index (κ1) is 36.0. The molecule has 0 saturated heterocycles. The summed E-state index contributed by atoms with van der Waals surface area (Å²) in [6.45, 7) is 7.78. The molecule has 2 amide bonds. The molecule has 1 atom stereocenters. The van der Waals surface area contributed by atoms with Crippen LogP contribution in [-0.2, 0) is 32.6 Å². The molecule has 0 fully saturated rings. The van der Waals surface area contributed by atoms with Crippen LogP contribution in [0.15, 0.2) is 102 Å². The highest BCUT2D eigenvalue weighted by atomic mass is 32.2. The standard InChI is InChI=1S/C38H45N3O6S/c1-27(2)24-39-38(43)34(22-30-12-8-7-9-13-30)40(25-31-14-10-11-29(4)21-31)37(42)26-41(32-17-20-35(46-5)36(23-32)47-6)48(44,45)33-18-15-28(3)16-19-33/h7-21,23,27,34H,22,24-26H2,1-6H3,(H,39,43)/t34-/m1/s1. The molecule has 0 aromatic heterocycles. The summed E-state index contributed by atoms with van der Waals surface area (Å²) in [5.41, 5.74) is 3.78. The average Bonchev–Trinajstić information content (AvgIpc) is 3.07. The number of aryl methyl sites for hydroxylation is 2. The van der Waals surface area contributed by atoms with Gasteiger partial charge in [-0.15, -0.1) is 0 Å². The summed E-state index contributed by atoms with van der Waals surface area (Å²) in [4.78, 5) is 30.2. The van der Waals surface area contributed by atoms with Gasteiger partial charge in [-0.05, 0) is 55.2 Å². The van der Waals surface area contributed by atoms with Crippen molar-refractivity contribution in [3.63, 3.8) is 0 Å². The lowest BCUT2D eigenvalue weighted by Gasteiger charge is -2.34. The summed E-state index contributed by atoms with van der Waals surface area (Å²) >= 11 is 0. The molecule has 9 nitrogen and oxygen atoms in total. The number of sulfonamides is 1. The highest BCUT2D eigenvalue weighted by Gasteiger charge is 2.35. The molecule has 0 heterocycles. The van der Waals surface area contributed by atoms with E-state index in [1.165, 1.54) is 37.3 Å². The van der Waals surface area contributed by atoms with E-state index in [0.717, 1.165) is 26.6 Å². The SMILES string of the molecule is COc1ccc(N(CC(=O)N(Cc2cccc(C)c2)[C@H](Cc2ccccc2)C(=O)NCC(C)C)S(=O)(=O)c2ccc(C)cc2)cc1OC. The first-order chi connectivity index (χ1) is 22.9. The number of hydrogen-bond donors (Lipinski definition) is 1. The molecule has 0 spiro atoms. The van der Waals surface area contributed by atoms with Gasteiger partial charge in [-0.3, -0.25) is 13.9 Å². The van der Waals surface area contributed by atoms with E-state index in [2.05, 4.69) is 5.32 Å². The van der Waals surface area contributed by atoms with Crippen molar-refractivity contribution >= 4 is 27.5 Å². The van der Waals surface area contributed by atoms with Gasteiger partial charge in [0.1, 0.15) is 12.6 Å². The molecule has 0 saturated carbocycles. The fourth-order valence-electron chi connectivity index (χ4n) is 5.33. The van der Waals surface area contributed by atoms with Crippen LogP contribution in [0.1, 0.15) is 36.1 Å². The number of anilines is 1. The van der Waals surface area contributed by atoms with Crippen LogP contribution in [0.25, 0.3) is 0 Å². The molecular formula is C38H45N3O6S. The van der Waals surface area contributed by atoms with E-state index >= 15 is 0 Å². The lowest BCUT2D eigenvalue weighted by atomic mass is 10.0. The highest BCUT2D eigenvalue weighted by molar-refractivity contribution is 7.92. The summed E-state index contributed by atoms with van der Waals surface area (Å²) < 4.78 is 40.6. The molecule has 48 heavy (non-hydrogen) atoms. The Bertz CT molecular complexity index is 1790.